The summed E-state index contributed by atoms with van der Waals surface area (Å²) in [5.41, 5.74) is 1.43. The highest BCUT2D eigenvalue weighted by molar-refractivity contribution is 7.89. The van der Waals surface area contributed by atoms with Crippen LogP contribution in [0.4, 0.5) is 5.82 Å². The molecule has 0 radical (unpaired) electrons. The molecule has 9 nitrogen and oxygen atoms in total. The van der Waals surface area contributed by atoms with Crippen molar-refractivity contribution in [2.75, 3.05) is 43.4 Å². The molecule has 0 bridgehead atoms. The number of sulfonamides is 1. The lowest BCUT2D eigenvalue weighted by Gasteiger charge is -2.34. The van der Waals surface area contributed by atoms with E-state index in [0.717, 1.165) is 11.4 Å². The zero-order valence-corrected chi connectivity index (χ0v) is 20.7. The van der Waals surface area contributed by atoms with Gasteiger partial charge in [0.15, 0.2) is 0 Å². The highest BCUT2D eigenvalue weighted by Crippen LogP contribution is 2.15. The first-order valence-electron chi connectivity index (χ1n) is 11.5. The van der Waals surface area contributed by atoms with E-state index in [1.54, 1.807) is 24.4 Å². The highest BCUT2D eigenvalue weighted by atomic mass is 32.2. The van der Waals surface area contributed by atoms with Crippen LogP contribution in [0.1, 0.15) is 29.8 Å². The van der Waals surface area contributed by atoms with Crippen LogP contribution < -0.4 is 15.5 Å². The predicted molar refractivity (Wildman–Crippen MR) is 132 cm³/mol. The van der Waals surface area contributed by atoms with Crippen LogP contribution in [0.3, 0.4) is 0 Å². The van der Waals surface area contributed by atoms with Crippen LogP contribution in [0.25, 0.3) is 0 Å². The summed E-state index contributed by atoms with van der Waals surface area (Å²) >= 11 is 0. The molecule has 1 unspecified atom stereocenters. The summed E-state index contributed by atoms with van der Waals surface area (Å²) in [6.07, 6.45) is 1.72. The smallest absolute Gasteiger partial charge is 0.251 e. The number of amides is 2. The predicted octanol–water partition coefficient (Wildman–Crippen LogP) is 1.41. The molecule has 0 aliphatic carbocycles. The first kappa shape index (κ1) is 25.6. The van der Waals surface area contributed by atoms with E-state index < -0.39 is 22.0 Å². The third-order valence-electron chi connectivity index (χ3n) is 5.78. The Morgan fingerprint density at radius 3 is 2.41 bits per heavy atom. The summed E-state index contributed by atoms with van der Waals surface area (Å²) in [5.74, 6) is -0.259. The number of aryl methyl sites for hydroxylation is 1. The van der Waals surface area contributed by atoms with E-state index in [4.69, 9.17) is 0 Å². The molecule has 2 N–H and O–H groups in total. The van der Waals surface area contributed by atoms with Crippen LogP contribution in [-0.4, -0.2) is 74.0 Å². The summed E-state index contributed by atoms with van der Waals surface area (Å²) in [4.78, 5) is 31.7. The van der Waals surface area contributed by atoms with Gasteiger partial charge in [0.25, 0.3) is 5.91 Å². The minimum Gasteiger partial charge on any atom is -0.354 e. The minimum absolute atomic E-state index is 0.0227. The molecule has 3 rings (SSSR count). The second kappa shape index (κ2) is 11.4. The number of hydrogen-bond acceptors (Lipinski definition) is 6. The van der Waals surface area contributed by atoms with E-state index in [1.165, 1.54) is 4.31 Å². The molecule has 184 valence electrons. The number of piperazine rings is 1. The Kier molecular flexibility index (Phi) is 8.62. The van der Waals surface area contributed by atoms with Crippen molar-refractivity contribution in [1.29, 1.82) is 0 Å². The lowest BCUT2D eigenvalue weighted by molar-refractivity contribution is -0.123. The van der Waals surface area contributed by atoms with Crippen molar-refractivity contribution in [2.24, 2.45) is 5.92 Å². The molecule has 2 aromatic rings. The quantitative estimate of drug-likeness (QED) is 0.553. The standard InChI is InChI=1S/C24H33N5O4S/c1-18(2)22(27-23(30)20-8-6-7-19(3)17-20)24(31)26-11-16-34(32,33)29-14-12-28(13-15-29)21-9-4-5-10-25-21/h4-10,17-18,22H,11-16H2,1-3H3,(H,26,31)(H,27,30). The van der Waals surface area contributed by atoms with Crippen LogP contribution in [0.5, 0.6) is 0 Å². The van der Waals surface area contributed by atoms with E-state index >= 15 is 0 Å². The first-order chi connectivity index (χ1) is 16.2. The number of hydrogen-bond donors (Lipinski definition) is 2. The average molecular weight is 488 g/mol. The van der Waals surface area contributed by atoms with E-state index in [-0.39, 0.29) is 24.1 Å². The SMILES string of the molecule is Cc1cccc(C(=O)NC(C(=O)NCCS(=O)(=O)N2CCN(c3ccccn3)CC2)C(C)C)c1. The third-order valence-corrected chi connectivity index (χ3v) is 7.65. The Labute approximate surface area is 201 Å². The molecular weight excluding hydrogens is 454 g/mol. The van der Waals surface area contributed by atoms with Crippen LogP contribution in [0.2, 0.25) is 0 Å². The van der Waals surface area contributed by atoms with E-state index in [9.17, 15) is 18.0 Å². The number of carbonyl (C=O) groups excluding carboxylic acids is 2. The second-order valence-corrected chi connectivity index (χ2v) is 10.8. The lowest BCUT2D eigenvalue weighted by Crippen LogP contribution is -2.52. The van der Waals surface area contributed by atoms with Crippen LogP contribution in [-0.2, 0) is 14.8 Å². The van der Waals surface area contributed by atoms with Crippen molar-refractivity contribution in [1.82, 2.24) is 19.9 Å². The van der Waals surface area contributed by atoms with Gasteiger partial charge in [-0.3, -0.25) is 9.59 Å². The first-order valence-corrected chi connectivity index (χ1v) is 13.1. The Morgan fingerprint density at radius 2 is 1.79 bits per heavy atom. The molecule has 2 amide bonds. The Balaban J connectivity index is 1.49. The normalized spacial score (nSPS) is 15.7. The van der Waals surface area contributed by atoms with Gasteiger partial charge in [0.2, 0.25) is 15.9 Å². The largest absolute Gasteiger partial charge is 0.354 e. The molecule has 1 aliphatic rings. The second-order valence-electron chi connectivity index (χ2n) is 8.75. The number of aromatic nitrogens is 1. The molecule has 1 fully saturated rings. The van der Waals surface area contributed by atoms with Gasteiger partial charge in [-0.15, -0.1) is 0 Å². The number of benzene rings is 1. The van der Waals surface area contributed by atoms with Crippen molar-refractivity contribution >= 4 is 27.7 Å². The Morgan fingerprint density at radius 1 is 1.06 bits per heavy atom. The van der Waals surface area contributed by atoms with E-state index in [1.807, 2.05) is 45.0 Å². The summed E-state index contributed by atoms with van der Waals surface area (Å²) < 4.78 is 27.0. The van der Waals surface area contributed by atoms with Gasteiger partial charge in [-0.2, -0.15) is 4.31 Å². The Hall–Kier alpha value is -2.98. The summed E-state index contributed by atoms with van der Waals surface area (Å²) in [7, 11) is -3.52. The average Bonchev–Trinajstić information content (AvgIpc) is 2.82. The van der Waals surface area contributed by atoms with Gasteiger partial charge in [-0.05, 0) is 37.1 Å². The fourth-order valence-corrected chi connectivity index (χ4v) is 5.16. The molecule has 1 saturated heterocycles. The molecular formula is C24H33N5O4S. The van der Waals surface area contributed by atoms with Crippen LogP contribution >= 0.6 is 0 Å². The Bertz CT molecular complexity index is 1080. The van der Waals surface area contributed by atoms with Crippen molar-refractivity contribution in [2.45, 2.75) is 26.8 Å². The maximum Gasteiger partial charge on any atom is 0.251 e. The molecule has 0 saturated carbocycles. The van der Waals surface area contributed by atoms with Gasteiger partial charge in [0.1, 0.15) is 11.9 Å². The molecule has 2 heterocycles. The maximum atomic E-state index is 12.8. The molecule has 1 aliphatic heterocycles. The molecule has 1 aromatic heterocycles. The van der Waals surface area contributed by atoms with Gasteiger partial charge < -0.3 is 15.5 Å². The maximum absolute atomic E-state index is 12.8. The minimum atomic E-state index is -3.52. The number of anilines is 1. The third kappa shape index (κ3) is 6.77. The monoisotopic (exact) mass is 487 g/mol. The molecule has 1 atom stereocenters. The lowest BCUT2D eigenvalue weighted by atomic mass is 10.0. The van der Waals surface area contributed by atoms with Crippen LogP contribution in [0.15, 0.2) is 48.7 Å². The fourth-order valence-electron chi connectivity index (χ4n) is 3.82. The number of nitrogens with zero attached hydrogens (tertiary/aromatic N) is 3. The summed E-state index contributed by atoms with van der Waals surface area (Å²) in [6.45, 7) is 7.39. The molecule has 1 aromatic carbocycles. The molecule has 34 heavy (non-hydrogen) atoms. The van der Waals surface area contributed by atoms with Gasteiger partial charge in [0.05, 0.1) is 5.75 Å². The number of pyridine rings is 1. The van der Waals surface area contributed by atoms with E-state index in [2.05, 4.69) is 20.5 Å². The molecule has 0 spiro atoms. The van der Waals surface area contributed by atoms with Gasteiger partial charge in [-0.1, -0.05) is 37.6 Å². The van der Waals surface area contributed by atoms with Crippen molar-refractivity contribution in [3.8, 4) is 0 Å². The summed E-state index contributed by atoms with van der Waals surface area (Å²) in [6, 6.07) is 12.0. The molecule has 10 heteroatoms. The van der Waals surface area contributed by atoms with Crippen molar-refractivity contribution < 1.29 is 18.0 Å². The van der Waals surface area contributed by atoms with Gasteiger partial charge in [-0.25, -0.2) is 13.4 Å². The highest BCUT2D eigenvalue weighted by Gasteiger charge is 2.29. The van der Waals surface area contributed by atoms with Gasteiger partial charge in [0, 0.05) is 44.5 Å². The number of carbonyl (C=O) groups is 2. The topological polar surface area (TPSA) is 112 Å². The van der Waals surface area contributed by atoms with Gasteiger partial charge >= 0.3 is 0 Å². The zero-order valence-electron chi connectivity index (χ0n) is 19.9. The fraction of sp³-hybridized carbons (Fsp3) is 0.458. The number of nitrogens with one attached hydrogen (secondary N) is 2. The summed E-state index contributed by atoms with van der Waals surface area (Å²) in [5, 5.41) is 5.45. The number of rotatable bonds is 9. The van der Waals surface area contributed by atoms with E-state index in [0.29, 0.717) is 31.7 Å². The zero-order chi connectivity index (χ0) is 24.7. The van der Waals surface area contributed by atoms with Crippen LogP contribution in [0, 0.1) is 12.8 Å². The van der Waals surface area contributed by atoms with Crippen molar-refractivity contribution in [3.05, 3.63) is 59.8 Å². The van der Waals surface area contributed by atoms with Crippen molar-refractivity contribution in [3.63, 3.8) is 0 Å².